The fourth-order valence-corrected chi connectivity index (χ4v) is 8.58. The Hall–Kier alpha value is -2.62. The molecule has 0 amide bonds. The van der Waals surface area contributed by atoms with Crippen molar-refractivity contribution in [3.8, 4) is 0 Å². The lowest BCUT2D eigenvalue weighted by Crippen LogP contribution is -2.43. The molecule has 1 unspecified atom stereocenters. The van der Waals surface area contributed by atoms with E-state index in [1.165, 1.54) is 12.1 Å². The molecule has 4 aromatic rings. The van der Waals surface area contributed by atoms with Gasteiger partial charge in [-0.3, -0.25) is 0 Å². The minimum Gasteiger partial charge on any atom is -0.339 e. The molecule has 1 aliphatic heterocycles. The van der Waals surface area contributed by atoms with Crippen molar-refractivity contribution in [2.75, 3.05) is 9.46 Å². The van der Waals surface area contributed by atoms with E-state index in [1.807, 2.05) is 55.5 Å². The lowest BCUT2D eigenvalue weighted by Gasteiger charge is -2.32. The molecule has 1 aromatic heterocycles. The average molecular weight is 531 g/mol. The van der Waals surface area contributed by atoms with Crippen LogP contribution in [0.1, 0.15) is 22.6 Å². The van der Waals surface area contributed by atoms with Gasteiger partial charge in [0.05, 0.1) is 10.6 Å². The van der Waals surface area contributed by atoms with Crippen LogP contribution in [0.25, 0.3) is 10.9 Å². The number of sulfonamides is 2. The number of aryl methyl sites for hydroxylation is 1. The summed E-state index contributed by atoms with van der Waals surface area (Å²) in [5.74, 6) is -0.795. The van der Waals surface area contributed by atoms with E-state index < -0.39 is 26.0 Å². The fourth-order valence-electron chi connectivity index (χ4n) is 4.19. The predicted octanol–water partition coefficient (Wildman–Crippen LogP) is 4.91. The Balaban J connectivity index is 1.82. The van der Waals surface area contributed by atoms with Gasteiger partial charge in [0.2, 0.25) is 0 Å². The molecule has 0 saturated carbocycles. The highest BCUT2D eigenvalue weighted by molar-refractivity contribution is 9.10. The molecule has 164 valence electrons. The van der Waals surface area contributed by atoms with Crippen LogP contribution in [0.4, 0.5) is 5.82 Å². The van der Waals surface area contributed by atoms with Crippen molar-refractivity contribution < 1.29 is 16.8 Å². The summed E-state index contributed by atoms with van der Waals surface area (Å²) in [6, 6.07) is 21.0. The van der Waals surface area contributed by atoms with Gasteiger partial charge in [-0.15, -0.1) is 3.71 Å². The molecule has 0 radical (unpaired) electrons. The molecule has 1 atom stereocenters. The standard InChI is InChI=1S/C23H19BrN2O4S2/c1-15-7-10-18(11-8-15)32(29,30)26-23-22(19-13-17(24)9-12-21(19)25-23)20(14-31(26,27)28)16-5-3-2-4-6-16/h2-13,20,25H,14H2,1H3. The summed E-state index contributed by atoms with van der Waals surface area (Å²) in [4.78, 5) is 3.01. The molecule has 0 aliphatic carbocycles. The van der Waals surface area contributed by atoms with E-state index in [9.17, 15) is 16.8 Å². The van der Waals surface area contributed by atoms with Gasteiger partial charge in [-0.05, 0) is 42.8 Å². The molecule has 9 heteroatoms. The lowest BCUT2D eigenvalue weighted by atomic mass is 9.92. The smallest absolute Gasteiger partial charge is 0.278 e. The number of halogens is 1. The van der Waals surface area contributed by atoms with Crippen LogP contribution in [0.5, 0.6) is 0 Å². The van der Waals surface area contributed by atoms with Crippen molar-refractivity contribution in [1.82, 2.24) is 4.98 Å². The number of nitrogens with one attached hydrogen (secondary N) is 1. The van der Waals surface area contributed by atoms with Gasteiger partial charge in [0.1, 0.15) is 5.82 Å². The first-order valence-corrected chi connectivity index (χ1v) is 13.7. The Morgan fingerprint density at radius 1 is 1.00 bits per heavy atom. The molecule has 0 saturated heterocycles. The Bertz CT molecular complexity index is 1550. The summed E-state index contributed by atoms with van der Waals surface area (Å²) in [6.45, 7) is 1.84. The molecule has 6 nitrogen and oxygen atoms in total. The molecule has 2 heterocycles. The van der Waals surface area contributed by atoms with Crippen LogP contribution in [0.3, 0.4) is 0 Å². The van der Waals surface area contributed by atoms with E-state index in [1.54, 1.807) is 12.1 Å². The molecule has 1 N–H and O–H groups in total. The van der Waals surface area contributed by atoms with Crippen LogP contribution in [0, 0.1) is 6.92 Å². The Morgan fingerprint density at radius 2 is 1.69 bits per heavy atom. The van der Waals surface area contributed by atoms with Gasteiger partial charge in [-0.25, -0.2) is 8.42 Å². The van der Waals surface area contributed by atoms with Crippen molar-refractivity contribution in [2.24, 2.45) is 0 Å². The first-order valence-electron chi connectivity index (χ1n) is 9.89. The minimum atomic E-state index is -4.36. The summed E-state index contributed by atoms with van der Waals surface area (Å²) >= 11 is 3.48. The third-order valence-electron chi connectivity index (χ3n) is 5.68. The predicted molar refractivity (Wildman–Crippen MR) is 129 cm³/mol. The second-order valence-corrected chi connectivity index (χ2v) is 12.6. The minimum absolute atomic E-state index is 0.0683. The zero-order valence-corrected chi connectivity index (χ0v) is 20.2. The van der Waals surface area contributed by atoms with Gasteiger partial charge in [-0.1, -0.05) is 64.0 Å². The maximum atomic E-state index is 13.6. The van der Waals surface area contributed by atoms with Gasteiger partial charge >= 0.3 is 0 Å². The number of anilines is 1. The summed E-state index contributed by atoms with van der Waals surface area (Å²) in [7, 11) is -8.57. The molecular weight excluding hydrogens is 512 g/mol. The Morgan fingerprint density at radius 3 is 2.38 bits per heavy atom. The molecular formula is C23H19BrN2O4S2. The summed E-state index contributed by atoms with van der Waals surface area (Å²) < 4.78 is 55.5. The van der Waals surface area contributed by atoms with Gasteiger partial charge in [0.25, 0.3) is 20.0 Å². The molecule has 0 spiro atoms. The maximum absolute atomic E-state index is 13.6. The van der Waals surface area contributed by atoms with Crippen molar-refractivity contribution in [2.45, 2.75) is 17.7 Å². The Kier molecular flexibility index (Phi) is 4.96. The van der Waals surface area contributed by atoms with Gasteiger partial charge in [0.15, 0.2) is 0 Å². The number of fused-ring (bicyclic) bond motifs is 3. The van der Waals surface area contributed by atoms with Gasteiger partial charge in [-0.2, -0.15) is 8.42 Å². The van der Waals surface area contributed by atoms with E-state index in [0.29, 0.717) is 14.8 Å². The monoisotopic (exact) mass is 530 g/mol. The van der Waals surface area contributed by atoms with Crippen LogP contribution in [-0.2, 0) is 20.0 Å². The first kappa shape index (κ1) is 21.2. The molecule has 0 bridgehead atoms. The van der Waals surface area contributed by atoms with E-state index in [0.717, 1.165) is 21.0 Å². The maximum Gasteiger partial charge on any atom is 0.278 e. The normalized spacial score (nSPS) is 17.9. The number of hydrogen-bond donors (Lipinski definition) is 1. The molecule has 5 rings (SSSR count). The van der Waals surface area contributed by atoms with Crippen molar-refractivity contribution in [3.05, 3.63) is 94.0 Å². The number of aromatic nitrogens is 1. The Labute approximate surface area is 195 Å². The zero-order chi connectivity index (χ0) is 22.7. The number of benzene rings is 3. The van der Waals surface area contributed by atoms with Crippen LogP contribution < -0.4 is 3.71 Å². The first-order chi connectivity index (χ1) is 15.2. The summed E-state index contributed by atoms with van der Waals surface area (Å²) in [6.07, 6.45) is 0. The van der Waals surface area contributed by atoms with E-state index >= 15 is 0 Å². The van der Waals surface area contributed by atoms with E-state index in [-0.39, 0.29) is 16.5 Å². The van der Waals surface area contributed by atoms with Crippen molar-refractivity contribution in [3.63, 3.8) is 0 Å². The number of hydrogen-bond acceptors (Lipinski definition) is 4. The van der Waals surface area contributed by atoms with Crippen LogP contribution in [0.2, 0.25) is 0 Å². The highest BCUT2D eigenvalue weighted by atomic mass is 79.9. The van der Waals surface area contributed by atoms with Crippen LogP contribution in [0.15, 0.2) is 82.2 Å². The quantitative estimate of drug-likeness (QED) is 0.407. The van der Waals surface area contributed by atoms with Crippen LogP contribution in [-0.4, -0.2) is 27.6 Å². The molecule has 1 aliphatic rings. The average Bonchev–Trinajstić information content (AvgIpc) is 3.10. The SMILES string of the molecule is Cc1ccc(S(=O)(=O)N2c3[nH]c4ccc(Br)cc4c3C(c3ccccc3)CS2(=O)=O)cc1. The number of rotatable bonds is 3. The molecule has 32 heavy (non-hydrogen) atoms. The van der Waals surface area contributed by atoms with E-state index in [4.69, 9.17) is 0 Å². The van der Waals surface area contributed by atoms with Gasteiger partial charge in [0, 0.05) is 26.9 Å². The van der Waals surface area contributed by atoms with Crippen molar-refractivity contribution >= 4 is 52.7 Å². The second kappa shape index (κ2) is 7.47. The highest BCUT2D eigenvalue weighted by Crippen LogP contribution is 2.46. The lowest BCUT2D eigenvalue weighted by molar-refractivity contribution is 0.579. The topological polar surface area (TPSA) is 87.3 Å². The molecule has 0 fully saturated rings. The fraction of sp³-hybridized carbons (Fsp3) is 0.130. The summed E-state index contributed by atoms with van der Waals surface area (Å²) in [5.41, 5.74) is 3.01. The third-order valence-corrected chi connectivity index (χ3v) is 10.4. The van der Waals surface area contributed by atoms with Crippen molar-refractivity contribution in [1.29, 1.82) is 0 Å². The number of aromatic amines is 1. The largest absolute Gasteiger partial charge is 0.339 e. The molecule has 3 aromatic carbocycles. The highest BCUT2D eigenvalue weighted by Gasteiger charge is 2.46. The van der Waals surface area contributed by atoms with Crippen LogP contribution >= 0.6 is 15.9 Å². The van der Waals surface area contributed by atoms with E-state index in [2.05, 4.69) is 20.9 Å². The zero-order valence-electron chi connectivity index (χ0n) is 17.0. The second-order valence-electron chi connectivity index (χ2n) is 7.83. The van der Waals surface area contributed by atoms with Gasteiger partial charge < -0.3 is 4.98 Å². The third kappa shape index (κ3) is 3.35. The summed E-state index contributed by atoms with van der Waals surface area (Å²) in [5, 5.41) is 0.780. The number of nitrogens with zero attached hydrogens (tertiary/aromatic N) is 1. The number of H-pyrrole nitrogens is 1.